The highest BCUT2D eigenvalue weighted by atomic mass is 16.5. The first-order valence-electron chi connectivity index (χ1n) is 12.3. The minimum Gasteiger partial charge on any atom is -0.381 e. The maximum atomic E-state index is 12.7. The molecule has 6 heteroatoms. The Bertz CT molecular complexity index is 1020. The number of pyridine rings is 1. The number of allylic oxidation sites excluding steroid dienone is 2. The molecule has 0 aliphatic carbocycles. The molecule has 2 aliphatic heterocycles. The lowest BCUT2D eigenvalue weighted by molar-refractivity contribution is 0.0846. The molecule has 1 aromatic heterocycles. The lowest BCUT2D eigenvalue weighted by Gasteiger charge is -2.37. The fraction of sp³-hybridized carbons (Fsp3) is 0.519. The van der Waals surface area contributed by atoms with Gasteiger partial charge >= 0.3 is 0 Å². The van der Waals surface area contributed by atoms with E-state index in [9.17, 15) is 9.90 Å². The number of hydrogen-bond acceptors (Lipinski definition) is 5. The van der Waals surface area contributed by atoms with Gasteiger partial charge in [-0.1, -0.05) is 24.3 Å². The summed E-state index contributed by atoms with van der Waals surface area (Å²) >= 11 is 0. The normalized spacial score (nSPS) is 20.2. The van der Waals surface area contributed by atoms with E-state index in [1.54, 1.807) is 0 Å². The summed E-state index contributed by atoms with van der Waals surface area (Å²) in [4.78, 5) is 18.1. The fourth-order valence-electron chi connectivity index (χ4n) is 5.20. The van der Waals surface area contributed by atoms with E-state index in [1.165, 1.54) is 5.69 Å². The average Bonchev–Trinajstić information content (AvgIpc) is 2.83. The van der Waals surface area contributed by atoms with Crippen LogP contribution in [0, 0.1) is 6.92 Å². The standard InChI is InChI=1S/C27H37N3O3/c1-3-30(21-13-15-33-16-14-21)25-12-8-11-23-22(25)10-7-5-4-6-9-20-17-19(2)29-27(32)24(20)18-28-26(23)31/h5,7-8,11-12,17,21,26,28,31H,3-4,6,9-10,13-16,18H2,1-2H3,(H,29,32). The Morgan fingerprint density at radius 1 is 1.18 bits per heavy atom. The van der Waals surface area contributed by atoms with Crippen LogP contribution in [-0.2, 0) is 24.1 Å². The van der Waals surface area contributed by atoms with E-state index in [1.807, 2.05) is 19.1 Å². The number of ether oxygens (including phenoxy) is 1. The van der Waals surface area contributed by atoms with Crippen molar-refractivity contribution >= 4 is 5.69 Å². The molecule has 1 aromatic carbocycles. The summed E-state index contributed by atoms with van der Waals surface area (Å²) in [5, 5.41) is 14.4. The van der Waals surface area contributed by atoms with Gasteiger partial charge < -0.3 is 19.7 Å². The molecule has 0 saturated carbocycles. The van der Waals surface area contributed by atoms with Crippen molar-refractivity contribution in [3.05, 3.63) is 74.7 Å². The molecular weight excluding hydrogens is 414 g/mol. The Labute approximate surface area is 196 Å². The molecule has 33 heavy (non-hydrogen) atoms. The first-order chi connectivity index (χ1) is 16.1. The highest BCUT2D eigenvalue weighted by Gasteiger charge is 2.25. The van der Waals surface area contributed by atoms with Crippen LogP contribution in [0.2, 0.25) is 0 Å². The van der Waals surface area contributed by atoms with Crippen molar-refractivity contribution in [1.29, 1.82) is 0 Å². The predicted octanol–water partition coefficient (Wildman–Crippen LogP) is 3.90. The molecule has 0 radical (unpaired) electrons. The maximum absolute atomic E-state index is 12.7. The van der Waals surface area contributed by atoms with Crippen molar-refractivity contribution < 1.29 is 9.84 Å². The number of nitrogens with one attached hydrogen (secondary N) is 2. The van der Waals surface area contributed by atoms with Crippen LogP contribution in [-0.4, -0.2) is 35.9 Å². The van der Waals surface area contributed by atoms with Gasteiger partial charge in [0.25, 0.3) is 5.56 Å². The van der Waals surface area contributed by atoms with Crippen LogP contribution >= 0.6 is 0 Å². The Morgan fingerprint density at radius 3 is 2.79 bits per heavy atom. The minimum absolute atomic E-state index is 0.0687. The van der Waals surface area contributed by atoms with Crippen LogP contribution in [0.5, 0.6) is 0 Å². The van der Waals surface area contributed by atoms with Crippen LogP contribution in [0.1, 0.15) is 66.8 Å². The Kier molecular flexibility index (Phi) is 8.02. The SMILES string of the molecule is CCN(c1cccc2c1CC=CCCCc1cc(C)[nH]c(=O)c1CNC2O)C1CCOCC1. The van der Waals surface area contributed by atoms with Crippen LogP contribution in [0.15, 0.2) is 41.2 Å². The number of benzene rings is 1. The van der Waals surface area contributed by atoms with E-state index in [4.69, 9.17) is 4.74 Å². The van der Waals surface area contributed by atoms with Gasteiger partial charge in [-0.3, -0.25) is 10.1 Å². The third-order valence-electron chi connectivity index (χ3n) is 6.90. The molecule has 3 N–H and O–H groups in total. The molecule has 1 fully saturated rings. The third-order valence-corrected chi connectivity index (χ3v) is 6.90. The molecule has 0 spiro atoms. The zero-order valence-corrected chi connectivity index (χ0v) is 19.9. The molecule has 2 aromatic rings. The third kappa shape index (κ3) is 5.57. The van der Waals surface area contributed by atoms with Gasteiger partial charge in [0.05, 0.1) is 0 Å². The smallest absolute Gasteiger partial charge is 0.252 e. The van der Waals surface area contributed by atoms with E-state index in [-0.39, 0.29) is 5.56 Å². The van der Waals surface area contributed by atoms with Gasteiger partial charge in [-0.05, 0) is 75.6 Å². The molecule has 0 amide bonds. The van der Waals surface area contributed by atoms with Crippen molar-refractivity contribution in [3.8, 4) is 0 Å². The van der Waals surface area contributed by atoms with Crippen LogP contribution in [0.4, 0.5) is 5.69 Å². The summed E-state index contributed by atoms with van der Waals surface area (Å²) < 4.78 is 5.59. The van der Waals surface area contributed by atoms with Gasteiger partial charge in [-0.2, -0.15) is 0 Å². The molecule has 178 valence electrons. The van der Waals surface area contributed by atoms with Crippen molar-refractivity contribution in [2.24, 2.45) is 0 Å². The summed E-state index contributed by atoms with van der Waals surface area (Å²) in [5.41, 5.74) is 5.82. The van der Waals surface area contributed by atoms with Gasteiger partial charge in [0.15, 0.2) is 0 Å². The fourth-order valence-corrected chi connectivity index (χ4v) is 5.20. The summed E-state index contributed by atoms with van der Waals surface area (Å²) in [6.07, 6.45) is 9.25. The zero-order chi connectivity index (χ0) is 23.2. The van der Waals surface area contributed by atoms with Crippen LogP contribution in [0.25, 0.3) is 0 Å². The number of H-pyrrole nitrogens is 1. The summed E-state index contributed by atoms with van der Waals surface area (Å²) in [5.74, 6) is 0. The second-order valence-electron chi connectivity index (χ2n) is 9.11. The molecule has 4 rings (SSSR count). The lowest BCUT2D eigenvalue weighted by atomic mass is 9.97. The topological polar surface area (TPSA) is 77.6 Å². The minimum atomic E-state index is -0.851. The molecule has 6 nitrogen and oxygen atoms in total. The lowest BCUT2D eigenvalue weighted by Crippen LogP contribution is -2.40. The molecule has 1 atom stereocenters. The molecule has 1 saturated heterocycles. The number of nitrogens with zero attached hydrogens (tertiary/aromatic N) is 1. The first-order valence-corrected chi connectivity index (χ1v) is 12.3. The van der Waals surface area contributed by atoms with Gasteiger partial charge in [-0.25, -0.2) is 0 Å². The van der Waals surface area contributed by atoms with E-state index in [0.29, 0.717) is 12.6 Å². The maximum Gasteiger partial charge on any atom is 0.252 e. The molecule has 2 aliphatic rings. The van der Waals surface area contributed by atoms with Crippen molar-refractivity contribution in [3.63, 3.8) is 0 Å². The van der Waals surface area contributed by atoms with Gasteiger partial charge in [0, 0.05) is 54.9 Å². The number of aromatic amines is 1. The number of aliphatic hydroxyl groups is 1. The molecule has 1 unspecified atom stereocenters. The number of aliphatic hydroxyl groups excluding tert-OH is 1. The Balaban J connectivity index is 1.69. The summed E-state index contributed by atoms with van der Waals surface area (Å²) in [7, 11) is 0. The number of rotatable bonds is 3. The van der Waals surface area contributed by atoms with Gasteiger partial charge in [0.2, 0.25) is 0 Å². The van der Waals surface area contributed by atoms with E-state index >= 15 is 0 Å². The van der Waals surface area contributed by atoms with E-state index in [2.05, 4.69) is 46.4 Å². The van der Waals surface area contributed by atoms with E-state index < -0.39 is 6.23 Å². The number of aromatic nitrogens is 1. The second-order valence-corrected chi connectivity index (χ2v) is 9.11. The second kappa shape index (κ2) is 11.1. The number of hydrogen-bond donors (Lipinski definition) is 3. The highest BCUT2D eigenvalue weighted by Crippen LogP contribution is 2.32. The van der Waals surface area contributed by atoms with Crippen LogP contribution < -0.4 is 15.8 Å². The zero-order valence-electron chi connectivity index (χ0n) is 19.9. The molecular formula is C27H37N3O3. The van der Waals surface area contributed by atoms with Gasteiger partial charge in [-0.15, -0.1) is 0 Å². The van der Waals surface area contributed by atoms with Crippen molar-refractivity contribution in [1.82, 2.24) is 10.3 Å². The average molecular weight is 452 g/mol. The Morgan fingerprint density at radius 2 is 2.00 bits per heavy atom. The van der Waals surface area contributed by atoms with Crippen molar-refractivity contribution in [2.75, 3.05) is 24.7 Å². The highest BCUT2D eigenvalue weighted by molar-refractivity contribution is 5.59. The predicted molar refractivity (Wildman–Crippen MR) is 133 cm³/mol. The van der Waals surface area contributed by atoms with Crippen molar-refractivity contribution in [2.45, 2.75) is 71.2 Å². The van der Waals surface area contributed by atoms with Crippen LogP contribution in [0.3, 0.4) is 0 Å². The monoisotopic (exact) mass is 451 g/mol. The van der Waals surface area contributed by atoms with Gasteiger partial charge in [0.1, 0.15) is 6.23 Å². The molecule has 0 bridgehead atoms. The quantitative estimate of drug-likeness (QED) is 0.617. The number of aryl methyl sites for hydroxylation is 2. The summed E-state index contributed by atoms with van der Waals surface area (Å²) in [6, 6.07) is 8.73. The Hall–Kier alpha value is -2.41. The molecule has 3 heterocycles. The summed E-state index contributed by atoms with van der Waals surface area (Å²) in [6.45, 7) is 6.96. The number of anilines is 1. The van der Waals surface area contributed by atoms with E-state index in [0.717, 1.165) is 86.2 Å². The first kappa shape index (κ1) is 23.7. The number of fused-ring (bicyclic) bond motifs is 2. The largest absolute Gasteiger partial charge is 0.381 e.